The van der Waals surface area contributed by atoms with Crippen LogP contribution in [0.4, 0.5) is 11.4 Å². The van der Waals surface area contributed by atoms with Gasteiger partial charge in [0, 0.05) is 50.7 Å². The normalized spacial score (nSPS) is 22.2. The van der Waals surface area contributed by atoms with E-state index in [1.807, 2.05) is 6.92 Å². The molecular formula is C30H42N4O4. The molecule has 206 valence electrons. The van der Waals surface area contributed by atoms with E-state index in [9.17, 15) is 9.59 Å². The number of aromatic nitrogens is 1. The van der Waals surface area contributed by atoms with Crippen LogP contribution in [0.2, 0.25) is 0 Å². The number of anilines is 2. The Bertz CT molecular complexity index is 1140. The average molecular weight is 523 g/mol. The topological polar surface area (TPSA) is 67.2 Å². The van der Waals surface area contributed by atoms with Crippen LogP contribution in [-0.4, -0.2) is 73.5 Å². The first-order chi connectivity index (χ1) is 18.4. The van der Waals surface area contributed by atoms with Crippen LogP contribution in [0, 0.1) is 5.92 Å². The largest absolute Gasteiger partial charge is 0.494 e. The molecule has 1 atom stereocenters. The van der Waals surface area contributed by atoms with Gasteiger partial charge in [-0.1, -0.05) is 6.92 Å². The molecule has 4 heterocycles. The standard InChI is InChI=1S/C30H42N4O4/c1-3-32-21-26(9-12-28(32)35)34-23-30(38-22-29(34)36)13-17-33(18-14-30)25-7-10-27(11-8-25)37-19-5-16-31-15-4-6-24(2)20-31/h7-12,21,24H,3-6,13-20,22-23H2,1-2H3/t24-/m0/s1. The monoisotopic (exact) mass is 522 g/mol. The van der Waals surface area contributed by atoms with E-state index in [0.717, 1.165) is 62.9 Å². The van der Waals surface area contributed by atoms with Gasteiger partial charge in [-0.3, -0.25) is 9.59 Å². The minimum absolute atomic E-state index is 0.0523. The van der Waals surface area contributed by atoms with Gasteiger partial charge in [-0.2, -0.15) is 0 Å². The SMILES string of the molecule is CCn1cc(N2CC3(CCN(c4ccc(OCCCN5CCC[C@H](C)C5)cc4)CC3)OCC2=O)ccc1=O. The summed E-state index contributed by atoms with van der Waals surface area (Å²) in [5.41, 5.74) is 1.55. The predicted molar refractivity (Wildman–Crippen MR) is 150 cm³/mol. The van der Waals surface area contributed by atoms with Crippen molar-refractivity contribution in [2.24, 2.45) is 5.92 Å². The van der Waals surface area contributed by atoms with E-state index in [-0.39, 0.29) is 23.7 Å². The number of benzene rings is 1. The van der Waals surface area contributed by atoms with Gasteiger partial charge in [0.1, 0.15) is 12.4 Å². The molecule has 1 amide bonds. The minimum atomic E-state index is -0.354. The number of hydrogen-bond donors (Lipinski definition) is 0. The molecule has 0 radical (unpaired) electrons. The van der Waals surface area contributed by atoms with Crippen LogP contribution < -0.4 is 20.1 Å². The molecule has 1 aromatic heterocycles. The van der Waals surface area contributed by atoms with Crippen molar-refractivity contribution in [2.75, 3.05) is 62.3 Å². The summed E-state index contributed by atoms with van der Waals surface area (Å²) in [5, 5.41) is 0. The molecule has 8 heteroatoms. The van der Waals surface area contributed by atoms with Gasteiger partial charge in [-0.15, -0.1) is 0 Å². The maximum atomic E-state index is 12.7. The number of nitrogens with zero attached hydrogens (tertiary/aromatic N) is 4. The number of morpholine rings is 1. The zero-order chi connectivity index (χ0) is 26.5. The average Bonchev–Trinajstić information content (AvgIpc) is 2.94. The van der Waals surface area contributed by atoms with Crippen molar-refractivity contribution in [2.45, 2.75) is 58.1 Å². The summed E-state index contributed by atoms with van der Waals surface area (Å²) in [4.78, 5) is 31.5. The molecular weight excluding hydrogens is 480 g/mol. The van der Waals surface area contributed by atoms with Crippen molar-refractivity contribution in [3.63, 3.8) is 0 Å². The predicted octanol–water partition coefficient (Wildman–Crippen LogP) is 3.77. The number of amides is 1. The lowest BCUT2D eigenvalue weighted by atomic mass is 9.88. The maximum absolute atomic E-state index is 12.7. The van der Waals surface area contributed by atoms with E-state index in [0.29, 0.717) is 13.1 Å². The van der Waals surface area contributed by atoms with Gasteiger partial charge < -0.3 is 28.7 Å². The van der Waals surface area contributed by atoms with Crippen LogP contribution in [0.15, 0.2) is 47.4 Å². The third-order valence-electron chi connectivity index (χ3n) is 8.37. The van der Waals surface area contributed by atoms with Crippen LogP contribution in [0.3, 0.4) is 0 Å². The number of pyridine rings is 1. The Kier molecular flexibility index (Phi) is 8.39. The Hall–Kier alpha value is -2.84. The third kappa shape index (κ3) is 6.24. The summed E-state index contributed by atoms with van der Waals surface area (Å²) in [7, 11) is 0. The van der Waals surface area contributed by atoms with E-state index < -0.39 is 0 Å². The molecule has 0 bridgehead atoms. The van der Waals surface area contributed by atoms with Crippen LogP contribution in [0.1, 0.15) is 46.0 Å². The zero-order valence-corrected chi connectivity index (χ0v) is 22.9. The quantitative estimate of drug-likeness (QED) is 0.492. The molecule has 3 saturated heterocycles. The lowest BCUT2D eigenvalue weighted by molar-refractivity contribution is -0.141. The first kappa shape index (κ1) is 26.8. The highest BCUT2D eigenvalue weighted by molar-refractivity contribution is 5.95. The van der Waals surface area contributed by atoms with E-state index in [4.69, 9.17) is 9.47 Å². The summed E-state index contributed by atoms with van der Waals surface area (Å²) in [5.74, 6) is 1.69. The molecule has 2 aromatic rings. The molecule has 5 rings (SSSR count). The van der Waals surface area contributed by atoms with Gasteiger partial charge in [0.25, 0.3) is 11.5 Å². The highest BCUT2D eigenvalue weighted by Gasteiger charge is 2.43. The van der Waals surface area contributed by atoms with Crippen molar-refractivity contribution in [3.05, 3.63) is 52.9 Å². The fourth-order valence-corrected chi connectivity index (χ4v) is 6.07. The summed E-state index contributed by atoms with van der Waals surface area (Å²) in [6, 6.07) is 11.7. The second-order valence-corrected chi connectivity index (χ2v) is 11.2. The molecule has 38 heavy (non-hydrogen) atoms. The number of aryl methyl sites for hydroxylation is 1. The molecule has 1 spiro atoms. The second kappa shape index (κ2) is 11.9. The summed E-state index contributed by atoms with van der Waals surface area (Å²) in [6.45, 7) is 11.5. The van der Waals surface area contributed by atoms with Crippen LogP contribution in [0.5, 0.6) is 5.75 Å². The van der Waals surface area contributed by atoms with E-state index in [2.05, 4.69) is 41.0 Å². The zero-order valence-electron chi connectivity index (χ0n) is 22.9. The Morgan fingerprint density at radius 1 is 1.03 bits per heavy atom. The number of rotatable bonds is 8. The van der Waals surface area contributed by atoms with Crippen LogP contribution in [-0.2, 0) is 16.1 Å². The molecule has 8 nitrogen and oxygen atoms in total. The lowest BCUT2D eigenvalue weighted by Crippen LogP contribution is -2.59. The number of ether oxygens (including phenoxy) is 2. The van der Waals surface area contributed by atoms with Crippen molar-refractivity contribution in [3.8, 4) is 5.75 Å². The van der Waals surface area contributed by atoms with Gasteiger partial charge in [0.05, 0.1) is 24.4 Å². The third-order valence-corrected chi connectivity index (χ3v) is 8.37. The molecule has 0 saturated carbocycles. The molecule has 0 aliphatic carbocycles. The van der Waals surface area contributed by atoms with E-state index in [1.54, 1.807) is 27.8 Å². The highest BCUT2D eigenvalue weighted by Crippen LogP contribution is 2.34. The second-order valence-electron chi connectivity index (χ2n) is 11.2. The smallest absolute Gasteiger partial charge is 0.253 e. The minimum Gasteiger partial charge on any atom is -0.494 e. The fourth-order valence-electron chi connectivity index (χ4n) is 6.07. The van der Waals surface area contributed by atoms with Crippen molar-refractivity contribution < 1.29 is 14.3 Å². The highest BCUT2D eigenvalue weighted by atomic mass is 16.5. The number of likely N-dealkylation sites (tertiary alicyclic amines) is 1. The van der Waals surface area contributed by atoms with Gasteiger partial charge in [-0.25, -0.2) is 0 Å². The van der Waals surface area contributed by atoms with Gasteiger partial charge in [0.2, 0.25) is 0 Å². The summed E-state index contributed by atoms with van der Waals surface area (Å²) in [6.07, 6.45) is 7.21. The summed E-state index contributed by atoms with van der Waals surface area (Å²) >= 11 is 0. The molecule has 0 N–H and O–H groups in total. The Morgan fingerprint density at radius 3 is 2.53 bits per heavy atom. The first-order valence-electron chi connectivity index (χ1n) is 14.3. The fraction of sp³-hybridized carbons (Fsp3) is 0.600. The number of carbonyl (C=O) groups excluding carboxylic acids is 1. The number of carbonyl (C=O) groups is 1. The lowest BCUT2D eigenvalue weighted by Gasteiger charge is -2.47. The molecule has 3 aliphatic rings. The Labute approximate surface area is 226 Å². The van der Waals surface area contributed by atoms with E-state index >= 15 is 0 Å². The molecule has 1 aromatic carbocycles. The van der Waals surface area contributed by atoms with Crippen LogP contribution in [0.25, 0.3) is 0 Å². The Morgan fingerprint density at radius 2 is 1.79 bits per heavy atom. The number of piperidine rings is 2. The van der Waals surface area contributed by atoms with Crippen molar-refractivity contribution >= 4 is 17.3 Å². The van der Waals surface area contributed by atoms with Crippen LogP contribution >= 0.6 is 0 Å². The van der Waals surface area contributed by atoms with Gasteiger partial charge in [-0.05, 0) is 81.8 Å². The van der Waals surface area contributed by atoms with E-state index in [1.165, 1.54) is 31.6 Å². The Balaban J connectivity index is 1.11. The van der Waals surface area contributed by atoms with Crippen molar-refractivity contribution in [1.29, 1.82) is 0 Å². The summed E-state index contributed by atoms with van der Waals surface area (Å²) < 4.78 is 13.8. The first-order valence-corrected chi connectivity index (χ1v) is 14.3. The molecule has 3 aliphatic heterocycles. The molecule has 3 fully saturated rings. The van der Waals surface area contributed by atoms with Crippen molar-refractivity contribution in [1.82, 2.24) is 9.47 Å². The van der Waals surface area contributed by atoms with Gasteiger partial charge >= 0.3 is 0 Å². The maximum Gasteiger partial charge on any atom is 0.253 e. The molecule has 0 unspecified atom stereocenters. The number of hydrogen-bond acceptors (Lipinski definition) is 6. The van der Waals surface area contributed by atoms with Gasteiger partial charge in [0.15, 0.2) is 0 Å².